The lowest BCUT2D eigenvalue weighted by Gasteiger charge is -2.12. The molecule has 0 aliphatic heterocycles. The molecule has 0 amide bonds. The summed E-state index contributed by atoms with van der Waals surface area (Å²) in [5.74, 6) is 0.728. The lowest BCUT2D eigenvalue weighted by molar-refractivity contribution is -0.391. The molecule has 1 heterocycles. The van der Waals surface area contributed by atoms with E-state index in [9.17, 15) is 10.1 Å². The molecule has 1 aliphatic carbocycles. The fraction of sp³-hybridized carbons (Fsp3) is 0.545. The van der Waals surface area contributed by atoms with Crippen LogP contribution in [-0.4, -0.2) is 14.5 Å². The topological polar surface area (TPSA) is 61.0 Å². The number of allylic oxidation sites excluding steroid dienone is 1. The third kappa shape index (κ3) is 2.13. The Hall–Kier alpha value is -1.65. The highest BCUT2D eigenvalue weighted by molar-refractivity contribution is 5.48. The largest absolute Gasteiger partial charge is 0.358 e. The van der Waals surface area contributed by atoms with Crippen LogP contribution in [0.2, 0.25) is 0 Å². The number of nitro groups is 1. The quantitative estimate of drug-likeness (QED) is 0.569. The molecule has 1 fully saturated rings. The summed E-state index contributed by atoms with van der Waals surface area (Å²) in [6.07, 6.45) is 9.23. The van der Waals surface area contributed by atoms with Gasteiger partial charge in [-0.3, -0.25) is 0 Å². The van der Waals surface area contributed by atoms with Crippen LogP contribution in [0.5, 0.6) is 0 Å². The molecule has 0 aromatic carbocycles. The smallest absolute Gasteiger partial charge is 0.342 e. The van der Waals surface area contributed by atoms with Crippen LogP contribution in [0, 0.1) is 10.1 Å². The Balaban J connectivity index is 2.24. The predicted octanol–water partition coefficient (Wildman–Crippen LogP) is 2.68. The Morgan fingerprint density at radius 3 is 2.69 bits per heavy atom. The Morgan fingerprint density at radius 1 is 1.44 bits per heavy atom. The second-order valence-corrected chi connectivity index (χ2v) is 4.15. The molecular formula is C11H15N3O2. The third-order valence-corrected chi connectivity index (χ3v) is 3.02. The molecule has 2 rings (SSSR count). The van der Waals surface area contributed by atoms with Crippen molar-refractivity contribution in [2.45, 2.75) is 32.1 Å². The molecule has 1 saturated carbocycles. The number of aromatic nitrogens is 2. The van der Waals surface area contributed by atoms with Gasteiger partial charge >= 0.3 is 5.82 Å². The highest BCUT2D eigenvalue weighted by Crippen LogP contribution is 2.25. The van der Waals surface area contributed by atoms with Crippen molar-refractivity contribution in [2.24, 2.45) is 7.05 Å². The maximum atomic E-state index is 10.7. The lowest BCUT2D eigenvalue weighted by atomic mass is 9.95. The van der Waals surface area contributed by atoms with Crippen molar-refractivity contribution in [3.8, 4) is 0 Å². The van der Waals surface area contributed by atoms with Crippen molar-refractivity contribution in [1.29, 1.82) is 0 Å². The number of hydrogen-bond donors (Lipinski definition) is 0. The van der Waals surface area contributed by atoms with Gasteiger partial charge in [0.2, 0.25) is 5.82 Å². The molecule has 1 aromatic rings. The zero-order valence-electron chi connectivity index (χ0n) is 9.35. The van der Waals surface area contributed by atoms with Gasteiger partial charge in [-0.1, -0.05) is 12.0 Å². The minimum Gasteiger partial charge on any atom is -0.358 e. The van der Waals surface area contributed by atoms with Crippen LogP contribution in [0.1, 0.15) is 37.9 Å². The predicted molar refractivity (Wildman–Crippen MR) is 60.9 cm³/mol. The number of hydrogen-bond acceptors (Lipinski definition) is 3. The molecule has 0 unspecified atom stereocenters. The lowest BCUT2D eigenvalue weighted by Crippen LogP contribution is -2.00. The van der Waals surface area contributed by atoms with Crippen LogP contribution in [0.4, 0.5) is 5.82 Å². The minimum atomic E-state index is -0.407. The molecular weight excluding hydrogens is 206 g/mol. The van der Waals surface area contributed by atoms with E-state index in [1.165, 1.54) is 35.6 Å². The Labute approximate surface area is 93.9 Å². The summed E-state index contributed by atoms with van der Waals surface area (Å²) in [4.78, 5) is 14.3. The summed E-state index contributed by atoms with van der Waals surface area (Å²) in [6, 6.07) is 0. The van der Waals surface area contributed by atoms with Gasteiger partial charge < -0.3 is 10.1 Å². The molecule has 1 aromatic heterocycles. The molecule has 86 valence electrons. The van der Waals surface area contributed by atoms with Crippen molar-refractivity contribution in [1.82, 2.24) is 9.55 Å². The second kappa shape index (κ2) is 4.47. The van der Waals surface area contributed by atoms with Crippen LogP contribution in [0.15, 0.2) is 11.8 Å². The number of rotatable bonds is 2. The highest BCUT2D eigenvalue weighted by Gasteiger charge is 2.15. The van der Waals surface area contributed by atoms with Gasteiger partial charge in [-0.25, -0.2) is 9.55 Å². The van der Waals surface area contributed by atoms with Crippen LogP contribution in [0.25, 0.3) is 6.08 Å². The van der Waals surface area contributed by atoms with Crippen molar-refractivity contribution < 1.29 is 4.92 Å². The minimum absolute atomic E-state index is 0.0441. The summed E-state index contributed by atoms with van der Waals surface area (Å²) in [7, 11) is 1.68. The Bertz CT molecular complexity index is 426. The summed E-state index contributed by atoms with van der Waals surface area (Å²) < 4.78 is 1.53. The summed E-state index contributed by atoms with van der Waals surface area (Å²) >= 11 is 0. The molecule has 0 N–H and O–H groups in total. The monoisotopic (exact) mass is 221 g/mol. The molecule has 0 bridgehead atoms. The standard InChI is InChI=1S/C11H15N3O2/c1-13-10(12-8-11(13)14(15)16)7-9-5-3-2-4-6-9/h7-8H,2-6H2,1H3. The Morgan fingerprint density at radius 2 is 2.12 bits per heavy atom. The van der Waals surface area contributed by atoms with Crippen LogP contribution in [-0.2, 0) is 7.05 Å². The maximum absolute atomic E-state index is 10.7. The average Bonchev–Trinajstić information content (AvgIpc) is 2.62. The van der Waals surface area contributed by atoms with E-state index in [-0.39, 0.29) is 5.82 Å². The first-order chi connectivity index (χ1) is 7.68. The van der Waals surface area contributed by atoms with E-state index >= 15 is 0 Å². The van der Waals surface area contributed by atoms with Crippen molar-refractivity contribution >= 4 is 11.9 Å². The summed E-state index contributed by atoms with van der Waals surface area (Å²) in [5, 5.41) is 10.7. The van der Waals surface area contributed by atoms with Crippen LogP contribution in [0.3, 0.4) is 0 Å². The van der Waals surface area contributed by atoms with E-state index < -0.39 is 4.92 Å². The third-order valence-electron chi connectivity index (χ3n) is 3.02. The zero-order valence-corrected chi connectivity index (χ0v) is 9.35. The van der Waals surface area contributed by atoms with Gasteiger partial charge in [0, 0.05) is 6.08 Å². The van der Waals surface area contributed by atoms with Gasteiger partial charge in [-0.15, -0.1) is 0 Å². The molecule has 1 aliphatic rings. The zero-order chi connectivity index (χ0) is 11.5. The second-order valence-electron chi connectivity index (χ2n) is 4.15. The maximum Gasteiger partial charge on any atom is 0.342 e. The van der Waals surface area contributed by atoms with Crippen LogP contribution < -0.4 is 0 Å². The van der Waals surface area contributed by atoms with Gasteiger partial charge in [0.25, 0.3) is 0 Å². The van der Waals surface area contributed by atoms with Gasteiger partial charge in [-0.05, 0) is 30.6 Å². The van der Waals surface area contributed by atoms with E-state index in [0.29, 0.717) is 5.82 Å². The first-order valence-electron chi connectivity index (χ1n) is 5.54. The normalized spacial score (nSPS) is 16.2. The summed E-state index contributed by atoms with van der Waals surface area (Å²) in [5.41, 5.74) is 1.36. The first kappa shape index (κ1) is 10.9. The first-order valence-corrected chi connectivity index (χ1v) is 5.54. The van der Waals surface area contributed by atoms with E-state index in [1.807, 2.05) is 6.08 Å². The Kier molecular flexibility index (Phi) is 3.03. The van der Waals surface area contributed by atoms with E-state index in [1.54, 1.807) is 7.05 Å². The van der Waals surface area contributed by atoms with E-state index in [4.69, 9.17) is 0 Å². The van der Waals surface area contributed by atoms with Gasteiger partial charge in [0.15, 0.2) is 0 Å². The molecule has 0 saturated heterocycles. The summed E-state index contributed by atoms with van der Waals surface area (Å²) in [6.45, 7) is 0. The molecule has 5 heteroatoms. The van der Waals surface area contributed by atoms with Crippen molar-refractivity contribution in [3.63, 3.8) is 0 Å². The number of imidazole rings is 1. The fourth-order valence-electron chi connectivity index (χ4n) is 2.05. The van der Waals surface area contributed by atoms with Gasteiger partial charge in [0.05, 0.1) is 7.05 Å². The van der Waals surface area contributed by atoms with Crippen LogP contribution >= 0.6 is 0 Å². The average molecular weight is 221 g/mol. The van der Waals surface area contributed by atoms with Gasteiger partial charge in [-0.2, -0.15) is 0 Å². The number of nitrogens with zero attached hydrogens (tertiary/aromatic N) is 3. The van der Waals surface area contributed by atoms with Crippen molar-refractivity contribution in [2.75, 3.05) is 0 Å². The van der Waals surface area contributed by atoms with Crippen molar-refractivity contribution in [3.05, 3.63) is 27.7 Å². The molecule has 16 heavy (non-hydrogen) atoms. The molecule has 0 radical (unpaired) electrons. The van der Waals surface area contributed by atoms with E-state index in [2.05, 4.69) is 4.98 Å². The molecule has 0 atom stereocenters. The SMILES string of the molecule is Cn1c([N+](=O)[O-])cnc1C=C1CCCCC1. The molecule has 0 spiro atoms. The fourth-order valence-corrected chi connectivity index (χ4v) is 2.05. The van der Waals surface area contributed by atoms with E-state index in [0.717, 1.165) is 12.8 Å². The highest BCUT2D eigenvalue weighted by atomic mass is 16.6. The molecule has 5 nitrogen and oxygen atoms in total. The van der Waals surface area contributed by atoms with Gasteiger partial charge in [0.1, 0.15) is 6.20 Å².